The SMILES string of the molecule is CC[C@H](C(=O)NC(C)(C)C)N(Cc1ccc(OC)cc1)C(=O)COc1cc(C)cc(C)c1. The molecule has 0 unspecified atom stereocenters. The first kappa shape index (κ1) is 25.2. The molecule has 1 N–H and O–H groups in total. The molecule has 2 rings (SSSR count). The summed E-state index contributed by atoms with van der Waals surface area (Å²) >= 11 is 0. The van der Waals surface area contributed by atoms with Crippen LogP contribution in [-0.2, 0) is 16.1 Å². The van der Waals surface area contributed by atoms with Crippen LogP contribution in [0.2, 0.25) is 0 Å². The number of hydrogen-bond acceptors (Lipinski definition) is 4. The molecule has 0 heterocycles. The molecule has 1 atom stereocenters. The first-order chi connectivity index (χ1) is 15.0. The fraction of sp³-hybridized carbons (Fsp3) is 0.462. The van der Waals surface area contributed by atoms with Crippen LogP contribution in [0, 0.1) is 13.8 Å². The van der Waals surface area contributed by atoms with Crippen molar-refractivity contribution in [3.05, 3.63) is 59.2 Å². The number of rotatable bonds is 9. The van der Waals surface area contributed by atoms with Crippen molar-refractivity contribution >= 4 is 11.8 Å². The van der Waals surface area contributed by atoms with Crippen molar-refractivity contribution in [2.24, 2.45) is 0 Å². The second-order valence-corrected chi connectivity index (χ2v) is 9.15. The van der Waals surface area contributed by atoms with Crippen molar-refractivity contribution in [1.82, 2.24) is 10.2 Å². The van der Waals surface area contributed by atoms with Crippen molar-refractivity contribution in [1.29, 1.82) is 0 Å². The van der Waals surface area contributed by atoms with Gasteiger partial charge in [-0.05, 0) is 82.0 Å². The Balaban J connectivity index is 2.25. The highest BCUT2D eigenvalue weighted by Gasteiger charge is 2.30. The normalized spacial score (nSPS) is 12.1. The molecule has 2 aromatic carbocycles. The molecule has 2 amide bonds. The largest absolute Gasteiger partial charge is 0.497 e. The fourth-order valence-electron chi connectivity index (χ4n) is 3.54. The van der Waals surface area contributed by atoms with Crippen molar-refractivity contribution < 1.29 is 19.1 Å². The van der Waals surface area contributed by atoms with Gasteiger partial charge in [0, 0.05) is 12.1 Å². The zero-order valence-electron chi connectivity index (χ0n) is 20.3. The molecule has 0 fully saturated rings. The third-order valence-electron chi connectivity index (χ3n) is 4.95. The molecule has 0 aromatic heterocycles. The molecule has 6 nitrogen and oxygen atoms in total. The molecule has 0 radical (unpaired) electrons. The van der Waals surface area contributed by atoms with E-state index in [0.717, 1.165) is 22.4 Å². The molecule has 0 saturated heterocycles. The zero-order valence-corrected chi connectivity index (χ0v) is 20.3. The standard InChI is InChI=1S/C26H36N2O4/c1-8-23(25(30)27-26(4,5)6)28(16-20-9-11-21(31-7)12-10-20)24(29)17-32-22-14-18(2)13-19(3)15-22/h9-15,23H,8,16-17H2,1-7H3,(H,27,30)/t23-/m1/s1. The van der Waals surface area contributed by atoms with Gasteiger partial charge in [-0.3, -0.25) is 9.59 Å². The molecule has 0 aliphatic carbocycles. The zero-order chi connectivity index (χ0) is 23.9. The Morgan fingerprint density at radius 3 is 2.09 bits per heavy atom. The minimum atomic E-state index is -0.605. The third kappa shape index (κ3) is 7.59. The predicted molar refractivity (Wildman–Crippen MR) is 127 cm³/mol. The molecule has 0 saturated carbocycles. The minimum Gasteiger partial charge on any atom is -0.497 e. The number of benzene rings is 2. The topological polar surface area (TPSA) is 67.9 Å². The number of hydrogen-bond donors (Lipinski definition) is 1. The van der Waals surface area contributed by atoms with Crippen molar-refractivity contribution in [2.75, 3.05) is 13.7 Å². The molecule has 2 aromatic rings. The lowest BCUT2D eigenvalue weighted by atomic mass is 10.1. The third-order valence-corrected chi connectivity index (χ3v) is 4.95. The van der Waals surface area contributed by atoms with Gasteiger partial charge in [-0.15, -0.1) is 0 Å². The Morgan fingerprint density at radius 1 is 1.00 bits per heavy atom. The van der Waals surface area contributed by atoms with Gasteiger partial charge < -0.3 is 19.7 Å². The maximum atomic E-state index is 13.3. The summed E-state index contributed by atoms with van der Waals surface area (Å²) in [4.78, 5) is 27.9. The van der Waals surface area contributed by atoms with E-state index in [1.165, 1.54) is 0 Å². The van der Waals surface area contributed by atoms with Crippen LogP contribution in [0.25, 0.3) is 0 Å². The van der Waals surface area contributed by atoms with Crippen LogP contribution >= 0.6 is 0 Å². The Kier molecular flexibility index (Phi) is 8.70. The van der Waals surface area contributed by atoms with E-state index in [2.05, 4.69) is 11.4 Å². The number of ether oxygens (including phenoxy) is 2. The van der Waals surface area contributed by atoms with E-state index in [4.69, 9.17) is 9.47 Å². The van der Waals surface area contributed by atoms with E-state index in [0.29, 0.717) is 18.7 Å². The average Bonchev–Trinajstić information content (AvgIpc) is 2.70. The molecule has 0 spiro atoms. The smallest absolute Gasteiger partial charge is 0.261 e. The minimum absolute atomic E-state index is 0.141. The molecular formula is C26H36N2O4. The summed E-state index contributed by atoms with van der Waals surface area (Å²) in [5.74, 6) is 0.971. The van der Waals surface area contributed by atoms with Gasteiger partial charge in [0.15, 0.2) is 6.61 Å². The quantitative estimate of drug-likeness (QED) is 0.627. The van der Waals surface area contributed by atoms with E-state index in [-0.39, 0.29) is 18.4 Å². The van der Waals surface area contributed by atoms with E-state index in [9.17, 15) is 9.59 Å². The van der Waals surface area contributed by atoms with Gasteiger partial charge in [-0.1, -0.05) is 25.1 Å². The maximum absolute atomic E-state index is 13.3. The lowest BCUT2D eigenvalue weighted by Crippen LogP contribution is -2.54. The molecule has 32 heavy (non-hydrogen) atoms. The number of carbonyl (C=O) groups excluding carboxylic acids is 2. The number of nitrogens with zero attached hydrogens (tertiary/aromatic N) is 1. The van der Waals surface area contributed by atoms with Crippen molar-refractivity contribution in [3.8, 4) is 11.5 Å². The summed E-state index contributed by atoms with van der Waals surface area (Å²) in [6, 6.07) is 12.7. The Labute approximate surface area is 191 Å². The van der Waals surface area contributed by atoms with Gasteiger partial charge in [0.05, 0.1) is 7.11 Å². The number of carbonyl (C=O) groups is 2. The number of aryl methyl sites for hydroxylation is 2. The molecule has 0 aliphatic rings. The second-order valence-electron chi connectivity index (χ2n) is 9.15. The second kappa shape index (κ2) is 11.0. The van der Waals surface area contributed by atoms with Gasteiger partial charge in [0.1, 0.15) is 17.5 Å². The van der Waals surface area contributed by atoms with Gasteiger partial charge >= 0.3 is 0 Å². The number of amides is 2. The number of methoxy groups -OCH3 is 1. The first-order valence-corrected chi connectivity index (χ1v) is 11.0. The Morgan fingerprint density at radius 2 is 1.59 bits per heavy atom. The predicted octanol–water partition coefficient (Wildman–Crippen LogP) is 4.41. The summed E-state index contributed by atoms with van der Waals surface area (Å²) in [6.07, 6.45) is 0.493. The molecule has 174 valence electrons. The van der Waals surface area contributed by atoms with Crippen LogP contribution in [-0.4, -0.2) is 42.0 Å². The van der Waals surface area contributed by atoms with Crippen LogP contribution in [0.5, 0.6) is 11.5 Å². The van der Waals surface area contributed by atoms with E-state index >= 15 is 0 Å². The van der Waals surface area contributed by atoms with E-state index in [1.807, 2.05) is 77.9 Å². The van der Waals surface area contributed by atoms with Gasteiger partial charge in [-0.25, -0.2) is 0 Å². The lowest BCUT2D eigenvalue weighted by Gasteiger charge is -2.33. The fourth-order valence-corrected chi connectivity index (χ4v) is 3.54. The van der Waals surface area contributed by atoms with Gasteiger partial charge in [0.2, 0.25) is 5.91 Å². The van der Waals surface area contributed by atoms with Crippen LogP contribution < -0.4 is 14.8 Å². The summed E-state index contributed by atoms with van der Waals surface area (Å²) in [7, 11) is 1.61. The van der Waals surface area contributed by atoms with Crippen molar-refractivity contribution in [3.63, 3.8) is 0 Å². The monoisotopic (exact) mass is 440 g/mol. The van der Waals surface area contributed by atoms with Gasteiger partial charge in [-0.2, -0.15) is 0 Å². The molecular weight excluding hydrogens is 404 g/mol. The molecule has 6 heteroatoms. The molecule has 0 bridgehead atoms. The highest BCUT2D eigenvalue weighted by molar-refractivity contribution is 5.88. The lowest BCUT2D eigenvalue weighted by molar-refractivity contribution is -0.143. The summed E-state index contributed by atoms with van der Waals surface area (Å²) in [5, 5.41) is 3.00. The Hall–Kier alpha value is -3.02. The number of nitrogens with one attached hydrogen (secondary N) is 1. The van der Waals surface area contributed by atoms with E-state index < -0.39 is 11.6 Å². The van der Waals surface area contributed by atoms with E-state index in [1.54, 1.807) is 12.0 Å². The van der Waals surface area contributed by atoms with Crippen molar-refractivity contribution in [2.45, 2.75) is 66.1 Å². The van der Waals surface area contributed by atoms with Crippen LogP contribution in [0.3, 0.4) is 0 Å². The highest BCUT2D eigenvalue weighted by Crippen LogP contribution is 2.19. The Bertz CT molecular complexity index is 896. The summed E-state index contributed by atoms with van der Waals surface area (Å²) < 4.78 is 11.0. The first-order valence-electron chi connectivity index (χ1n) is 11.0. The maximum Gasteiger partial charge on any atom is 0.261 e. The average molecular weight is 441 g/mol. The summed E-state index contributed by atoms with van der Waals surface area (Å²) in [6.45, 7) is 11.8. The summed E-state index contributed by atoms with van der Waals surface area (Å²) in [5.41, 5.74) is 2.65. The molecule has 0 aliphatic heterocycles. The van der Waals surface area contributed by atoms with Crippen LogP contribution in [0.4, 0.5) is 0 Å². The van der Waals surface area contributed by atoms with Crippen LogP contribution in [0.1, 0.15) is 50.8 Å². The van der Waals surface area contributed by atoms with Gasteiger partial charge in [0.25, 0.3) is 5.91 Å². The van der Waals surface area contributed by atoms with Crippen LogP contribution in [0.15, 0.2) is 42.5 Å². The highest BCUT2D eigenvalue weighted by atomic mass is 16.5.